The average Bonchev–Trinajstić information content (AvgIpc) is 2.53. The molecule has 2 heterocycles. The summed E-state index contributed by atoms with van der Waals surface area (Å²) < 4.78 is 15.7. The van der Waals surface area contributed by atoms with Gasteiger partial charge in [-0.25, -0.2) is 0 Å². The summed E-state index contributed by atoms with van der Waals surface area (Å²) >= 11 is 0. The fourth-order valence-corrected chi connectivity index (χ4v) is 1.43. The lowest BCUT2D eigenvalue weighted by molar-refractivity contribution is 0.215. The number of rotatable bonds is 6. The van der Waals surface area contributed by atoms with Crippen LogP contribution in [0.1, 0.15) is 5.69 Å². The Balaban J connectivity index is 2.31. The van der Waals surface area contributed by atoms with Crippen molar-refractivity contribution in [1.29, 1.82) is 0 Å². The Labute approximate surface area is 121 Å². The van der Waals surface area contributed by atoms with Crippen LogP contribution in [0.4, 0.5) is 0 Å². The van der Waals surface area contributed by atoms with Gasteiger partial charge in [-0.2, -0.15) is 9.97 Å². The second-order valence-electron chi connectivity index (χ2n) is 3.64. The predicted molar refractivity (Wildman–Crippen MR) is 74.1 cm³/mol. The van der Waals surface area contributed by atoms with Crippen LogP contribution >= 0.6 is 0 Å². The van der Waals surface area contributed by atoms with Gasteiger partial charge in [-0.3, -0.25) is 4.98 Å². The maximum absolute atomic E-state index is 5.60. The molecule has 0 aliphatic rings. The fourth-order valence-electron chi connectivity index (χ4n) is 1.43. The summed E-state index contributed by atoms with van der Waals surface area (Å²) in [4.78, 5) is 16.9. The molecule has 0 fully saturated rings. The minimum Gasteiger partial charge on any atom is -0.481 e. The summed E-state index contributed by atoms with van der Waals surface area (Å²) in [5.74, 6) is 1.08. The van der Waals surface area contributed by atoms with Crippen molar-refractivity contribution >= 4 is 6.21 Å². The molecule has 8 nitrogen and oxygen atoms in total. The van der Waals surface area contributed by atoms with Gasteiger partial charge in [0, 0.05) is 6.20 Å². The van der Waals surface area contributed by atoms with Crippen molar-refractivity contribution in [3.05, 3.63) is 30.1 Å². The van der Waals surface area contributed by atoms with Crippen LogP contribution in [-0.2, 0) is 4.84 Å². The third-order valence-corrected chi connectivity index (χ3v) is 2.36. The van der Waals surface area contributed by atoms with E-state index in [1.807, 2.05) is 0 Å². The van der Waals surface area contributed by atoms with Crippen molar-refractivity contribution in [2.45, 2.75) is 0 Å². The van der Waals surface area contributed by atoms with Crippen LogP contribution in [0.25, 0.3) is 0 Å². The summed E-state index contributed by atoms with van der Waals surface area (Å²) in [6.07, 6.45) is 3.03. The normalized spacial score (nSPS) is 10.4. The zero-order chi connectivity index (χ0) is 15.1. The van der Waals surface area contributed by atoms with Crippen LogP contribution in [0.5, 0.6) is 23.5 Å². The highest BCUT2D eigenvalue weighted by Gasteiger charge is 2.10. The lowest BCUT2D eigenvalue weighted by Crippen LogP contribution is -2.00. The van der Waals surface area contributed by atoms with Crippen LogP contribution in [0.3, 0.4) is 0 Å². The molecule has 2 rings (SSSR count). The molecule has 0 N–H and O–H groups in total. The quantitative estimate of drug-likeness (QED) is 0.590. The number of hydrogen-bond donors (Lipinski definition) is 0. The van der Waals surface area contributed by atoms with Crippen LogP contribution in [0.15, 0.2) is 29.6 Å². The Hall–Kier alpha value is -2.90. The maximum atomic E-state index is 5.60. The molecule has 0 spiro atoms. The van der Waals surface area contributed by atoms with Crippen LogP contribution < -0.4 is 14.2 Å². The van der Waals surface area contributed by atoms with Crippen LogP contribution in [-0.4, -0.2) is 42.5 Å². The van der Waals surface area contributed by atoms with Gasteiger partial charge in [0.05, 0.1) is 26.5 Å². The summed E-state index contributed by atoms with van der Waals surface area (Å²) in [6.45, 7) is 0. The Morgan fingerprint density at radius 3 is 2.43 bits per heavy atom. The van der Waals surface area contributed by atoms with Gasteiger partial charge < -0.3 is 19.0 Å². The Bertz CT molecular complexity index is 611. The van der Waals surface area contributed by atoms with Crippen molar-refractivity contribution < 1.29 is 19.0 Å². The van der Waals surface area contributed by atoms with Gasteiger partial charge >= 0.3 is 6.01 Å². The minimum atomic E-state index is 0.0752. The predicted octanol–water partition coefficient (Wildman–Crippen LogP) is 1.66. The number of ether oxygens (including phenoxy) is 3. The molecule has 110 valence electrons. The SMILES string of the molecule is CO/N=C/c1ncccc1Oc1nc(OC)cc(OC)n1. The number of nitrogens with zero attached hydrogens (tertiary/aromatic N) is 4. The highest BCUT2D eigenvalue weighted by Crippen LogP contribution is 2.24. The molecule has 0 amide bonds. The Kier molecular flexibility index (Phi) is 4.86. The first-order valence-corrected chi connectivity index (χ1v) is 5.93. The molecule has 2 aromatic rings. The molecular weight excluding hydrogens is 276 g/mol. The van der Waals surface area contributed by atoms with E-state index in [1.54, 1.807) is 24.4 Å². The van der Waals surface area contributed by atoms with Gasteiger partial charge in [0.2, 0.25) is 11.8 Å². The van der Waals surface area contributed by atoms with Gasteiger partial charge in [-0.15, -0.1) is 0 Å². The van der Waals surface area contributed by atoms with Gasteiger partial charge in [0.25, 0.3) is 0 Å². The number of pyridine rings is 1. The number of oxime groups is 1. The van der Waals surface area contributed by atoms with Crippen LogP contribution in [0, 0.1) is 0 Å². The average molecular weight is 290 g/mol. The zero-order valence-electron chi connectivity index (χ0n) is 11.8. The van der Waals surface area contributed by atoms with E-state index in [2.05, 4.69) is 24.9 Å². The Morgan fingerprint density at radius 1 is 1.10 bits per heavy atom. The third kappa shape index (κ3) is 3.78. The van der Waals surface area contributed by atoms with Crippen molar-refractivity contribution in [1.82, 2.24) is 15.0 Å². The van der Waals surface area contributed by atoms with Gasteiger partial charge in [0.1, 0.15) is 12.8 Å². The standard InChI is InChI=1S/C13H14N4O4/c1-18-11-7-12(19-2)17-13(16-11)21-10-5-4-6-14-9(10)8-15-20-3/h4-8H,1-3H3/b15-8+. The largest absolute Gasteiger partial charge is 0.481 e. The molecule has 21 heavy (non-hydrogen) atoms. The monoisotopic (exact) mass is 290 g/mol. The topological polar surface area (TPSA) is 88.0 Å². The van der Waals surface area contributed by atoms with E-state index in [1.165, 1.54) is 27.5 Å². The number of hydrogen-bond acceptors (Lipinski definition) is 8. The van der Waals surface area contributed by atoms with E-state index in [4.69, 9.17) is 14.2 Å². The van der Waals surface area contributed by atoms with Crippen LogP contribution in [0.2, 0.25) is 0 Å². The van der Waals surface area contributed by atoms with Crippen molar-refractivity contribution in [3.8, 4) is 23.5 Å². The first-order valence-electron chi connectivity index (χ1n) is 5.93. The smallest absolute Gasteiger partial charge is 0.328 e. The summed E-state index contributed by atoms with van der Waals surface area (Å²) in [5.41, 5.74) is 0.477. The zero-order valence-corrected chi connectivity index (χ0v) is 11.8. The molecule has 0 aromatic carbocycles. The summed E-state index contributed by atoms with van der Waals surface area (Å²) in [7, 11) is 4.43. The maximum Gasteiger partial charge on any atom is 0.328 e. The highest BCUT2D eigenvalue weighted by molar-refractivity contribution is 5.80. The van der Waals surface area contributed by atoms with E-state index < -0.39 is 0 Å². The molecule has 0 atom stereocenters. The second kappa shape index (κ2) is 7.04. The molecule has 0 bridgehead atoms. The lowest BCUT2D eigenvalue weighted by Gasteiger charge is -2.08. The first kappa shape index (κ1) is 14.5. The van der Waals surface area contributed by atoms with Gasteiger partial charge in [0.15, 0.2) is 5.75 Å². The summed E-state index contributed by atoms with van der Waals surface area (Å²) in [6, 6.07) is 5.05. The highest BCUT2D eigenvalue weighted by atomic mass is 16.6. The minimum absolute atomic E-state index is 0.0752. The number of methoxy groups -OCH3 is 2. The Morgan fingerprint density at radius 2 is 1.81 bits per heavy atom. The van der Waals surface area contributed by atoms with Crippen molar-refractivity contribution in [2.75, 3.05) is 21.3 Å². The molecular formula is C13H14N4O4. The van der Waals surface area contributed by atoms with E-state index in [0.717, 1.165) is 0 Å². The van der Waals surface area contributed by atoms with Gasteiger partial charge in [-0.05, 0) is 12.1 Å². The lowest BCUT2D eigenvalue weighted by atomic mass is 10.3. The number of aromatic nitrogens is 3. The van der Waals surface area contributed by atoms with Gasteiger partial charge in [-0.1, -0.05) is 5.16 Å². The molecule has 8 heteroatoms. The summed E-state index contributed by atoms with van der Waals surface area (Å²) in [5, 5.41) is 3.65. The molecule has 0 saturated carbocycles. The molecule has 2 aromatic heterocycles. The van der Waals surface area contributed by atoms with E-state index in [9.17, 15) is 0 Å². The van der Waals surface area contributed by atoms with E-state index in [-0.39, 0.29) is 6.01 Å². The fraction of sp³-hybridized carbons (Fsp3) is 0.231. The first-order chi connectivity index (χ1) is 10.3. The molecule has 0 radical (unpaired) electrons. The third-order valence-electron chi connectivity index (χ3n) is 2.36. The van der Waals surface area contributed by atoms with Crippen molar-refractivity contribution in [3.63, 3.8) is 0 Å². The van der Waals surface area contributed by atoms with E-state index in [0.29, 0.717) is 23.2 Å². The molecule has 0 aliphatic heterocycles. The molecule has 0 unspecified atom stereocenters. The second-order valence-corrected chi connectivity index (χ2v) is 3.64. The molecule has 0 saturated heterocycles. The van der Waals surface area contributed by atoms with E-state index >= 15 is 0 Å². The van der Waals surface area contributed by atoms with Crippen molar-refractivity contribution in [2.24, 2.45) is 5.16 Å². The molecule has 0 aliphatic carbocycles.